The summed E-state index contributed by atoms with van der Waals surface area (Å²) in [4.78, 5) is 13.6. The molecule has 1 aliphatic heterocycles. The monoisotopic (exact) mass is 427 g/mol. The van der Waals surface area contributed by atoms with E-state index in [0.29, 0.717) is 17.1 Å². The van der Waals surface area contributed by atoms with Crippen LogP contribution in [0.3, 0.4) is 0 Å². The number of phenolic OH excluding ortho intramolecular Hbond substituents is 1. The van der Waals surface area contributed by atoms with Crippen LogP contribution < -0.4 is 14.5 Å². The Morgan fingerprint density at radius 1 is 0.906 bits per heavy atom. The molecule has 2 N–H and O–H groups in total. The molecule has 0 amide bonds. The molecule has 6 heteroatoms. The molecule has 4 aromatic rings. The fourth-order valence-electron chi connectivity index (χ4n) is 4.38. The average Bonchev–Trinajstić information content (AvgIpc) is 2.85. The number of rotatable bonds is 5. The van der Waals surface area contributed by atoms with E-state index in [-0.39, 0.29) is 5.75 Å². The quantitative estimate of drug-likeness (QED) is 0.513. The van der Waals surface area contributed by atoms with E-state index in [1.807, 2.05) is 30.3 Å². The normalized spacial score (nSPS) is 14.6. The smallest absolute Gasteiger partial charge is 0.168 e. The molecule has 1 fully saturated rings. The van der Waals surface area contributed by atoms with Gasteiger partial charge >= 0.3 is 0 Å². The fraction of sp³-hybridized carbons (Fsp3) is 0.231. The van der Waals surface area contributed by atoms with Gasteiger partial charge in [0.25, 0.3) is 0 Å². The average molecular weight is 428 g/mol. The summed E-state index contributed by atoms with van der Waals surface area (Å²) >= 11 is 0. The maximum atomic E-state index is 10.7. The van der Waals surface area contributed by atoms with Gasteiger partial charge in [0.2, 0.25) is 0 Å². The van der Waals surface area contributed by atoms with Gasteiger partial charge in [0.1, 0.15) is 12.4 Å². The number of nitrogens with one attached hydrogen (secondary N) is 1. The number of piperazine rings is 1. The van der Waals surface area contributed by atoms with Crippen LogP contribution >= 0.6 is 0 Å². The molecule has 1 aliphatic rings. The Bertz CT molecular complexity index is 1220. The number of nitrogens with zero attached hydrogens (tertiary/aromatic N) is 3. The zero-order valence-corrected chi connectivity index (χ0v) is 18.2. The van der Waals surface area contributed by atoms with Crippen molar-refractivity contribution in [2.45, 2.75) is 6.54 Å². The Morgan fingerprint density at radius 2 is 1.66 bits per heavy atom. The van der Waals surface area contributed by atoms with E-state index in [4.69, 9.17) is 14.7 Å². The van der Waals surface area contributed by atoms with Crippen LogP contribution in [0.25, 0.3) is 22.3 Å². The first-order valence-electron chi connectivity index (χ1n) is 11.0. The van der Waals surface area contributed by atoms with Crippen LogP contribution in [0, 0.1) is 0 Å². The lowest BCUT2D eigenvalue weighted by Crippen LogP contribution is -3.13. The third kappa shape index (κ3) is 3.97. The van der Waals surface area contributed by atoms with Gasteiger partial charge in [0, 0.05) is 10.9 Å². The minimum atomic E-state index is 0.0633. The largest absolute Gasteiger partial charge is 0.504 e. The Kier molecular flexibility index (Phi) is 5.60. The first-order chi connectivity index (χ1) is 15.7. The summed E-state index contributed by atoms with van der Waals surface area (Å²) in [5, 5.41) is 11.7. The second kappa shape index (κ2) is 8.85. The molecule has 32 heavy (non-hydrogen) atoms. The van der Waals surface area contributed by atoms with Crippen LogP contribution in [0.1, 0.15) is 5.56 Å². The summed E-state index contributed by atoms with van der Waals surface area (Å²) in [6, 6.07) is 24.2. The molecule has 3 aromatic carbocycles. The van der Waals surface area contributed by atoms with Crippen LogP contribution in [0.15, 0.2) is 72.8 Å². The first-order valence-corrected chi connectivity index (χ1v) is 11.0. The van der Waals surface area contributed by atoms with Crippen molar-refractivity contribution in [3.63, 3.8) is 0 Å². The summed E-state index contributed by atoms with van der Waals surface area (Å²) in [5.41, 5.74) is 2.82. The second-order valence-electron chi connectivity index (χ2n) is 8.14. The van der Waals surface area contributed by atoms with Gasteiger partial charge in [0.15, 0.2) is 17.3 Å². The van der Waals surface area contributed by atoms with E-state index in [2.05, 4.69) is 41.3 Å². The van der Waals surface area contributed by atoms with Crippen LogP contribution in [-0.4, -0.2) is 48.4 Å². The van der Waals surface area contributed by atoms with Gasteiger partial charge in [0.05, 0.1) is 44.4 Å². The number of anilines is 1. The van der Waals surface area contributed by atoms with Crippen molar-refractivity contribution in [3.8, 4) is 22.9 Å². The van der Waals surface area contributed by atoms with Crippen LogP contribution in [0.5, 0.6) is 11.5 Å². The number of aromatic nitrogens is 2. The highest BCUT2D eigenvalue weighted by Crippen LogP contribution is 2.37. The molecule has 0 bridgehead atoms. The first kappa shape index (κ1) is 20.3. The number of benzene rings is 3. The van der Waals surface area contributed by atoms with Gasteiger partial charge in [-0.2, -0.15) is 0 Å². The van der Waals surface area contributed by atoms with E-state index in [1.165, 1.54) is 5.56 Å². The molecular formula is C26H27N4O2+. The lowest BCUT2D eigenvalue weighted by atomic mass is 10.1. The number of ether oxygens (including phenoxy) is 1. The highest BCUT2D eigenvalue weighted by Gasteiger charge is 2.24. The molecule has 0 unspecified atom stereocenters. The zero-order chi connectivity index (χ0) is 21.9. The standard InChI is InChI=1S/C26H26N4O2/c1-32-23-13-7-11-21(24(23)31)25-27-22-12-6-5-10-20(22)26(28-25)30-16-14-29(15-17-30)18-19-8-3-2-4-9-19/h2-13,31H,14-18H2,1H3/p+1. The maximum Gasteiger partial charge on any atom is 0.168 e. The van der Waals surface area contributed by atoms with E-state index in [1.54, 1.807) is 18.1 Å². The minimum Gasteiger partial charge on any atom is -0.504 e. The molecule has 1 aromatic heterocycles. The van der Waals surface area contributed by atoms with Gasteiger partial charge in [-0.1, -0.05) is 48.5 Å². The molecular weight excluding hydrogens is 400 g/mol. The molecule has 0 atom stereocenters. The number of aromatic hydroxyl groups is 1. The van der Waals surface area contributed by atoms with Crippen LogP contribution in [-0.2, 0) is 6.54 Å². The molecule has 0 radical (unpaired) electrons. The lowest BCUT2D eigenvalue weighted by Gasteiger charge is -2.33. The van der Waals surface area contributed by atoms with Crippen molar-refractivity contribution in [1.82, 2.24) is 9.97 Å². The molecule has 5 rings (SSSR count). The topological polar surface area (TPSA) is 62.9 Å². The summed E-state index contributed by atoms with van der Waals surface area (Å²) in [7, 11) is 1.54. The zero-order valence-electron chi connectivity index (χ0n) is 18.2. The minimum absolute atomic E-state index is 0.0633. The second-order valence-corrected chi connectivity index (χ2v) is 8.14. The summed E-state index contributed by atoms with van der Waals surface area (Å²) in [6.45, 7) is 4.99. The number of hydrogen-bond acceptors (Lipinski definition) is 5. The van der Waals surface area contributed by atoms with E-state index in [0.717, 1.165) is 49.4 Å². The lowest BCUT2D eigenvalue weighted by molar-refractivity contribution is -0.914. The van der Waals surface area contributed by atoms with Gasteiger partial charge in [-0.25, -0.2) is 9.97 Å². The van der Waals surface area contributed by atoms with Crippen LogP contribution in [0.2, 0.25) is 0 Å². The van der Waals surface area contributed by atoms with Crippen molar-refractivity contribution < 1.29 is 14.7 Å². The molecule has 1 saturated heterocycles. The number of quaternary nitrogens is 1. The van der Waals surface area contributed by atoms with Gasteiger partial charge in [-0.15, -0.1) is 0 Å². The van der Waals surface area contributed by atoms with Crippen molar-refractivity contribution in [3.05, 3.63) is 78.4 Å². The number of methoxy groups -OCH3 is 1. The van der Waals surface area contributed by atoms with E-state index in [9.17, 15) is 5.11 Å². The van der Waals surface area contributed by atoms with Gasteiger partial charge in [-0.3, -0.25) is 0 Å². The summed E-state index contributed by atoms with van der Waals surface area (Å²) in [6.07, 6.45) is 0. The predicted octanol–water partition coefficient (Wildman–Crippen LogP) is 2.92. The van der Waals surface area contributed by atoms with E-state index < -0.39 is 0 Å². The number of hydrogen-bond donors (Lipinski definition) is 2. The van der Waals surface area contributed by atoms with Crippen molar-refractivity contribution >= 4 is 16.7 Å². The Balaban J connectivity index is 1.45. The van der Waals surface area contributed by atoms with Gasteiger partial charge < -0.3 is 19.6 Å². The van der Waals surface area contributed by atoms with Crippen molar-refractivity contribution in [1.29, 1.82) is 0 Å². The maximum absolute atomic E-state index is 10.7. The predicted molar refractivity (Wildman–Crippen MR) is 126 cm³/mol. The SMILES string of the molecule is COc1cccc(-c2nc(N3CC[NH+](Cc4ccccc4)CC3)c3ccccc3n2)c1O. The number of para-hydroxylation sites is 2. The highest BCUT2D eigenvalue weighted by molar-refractivity contribution is 5.91. The Hall–Kier alpha value is -3.64. The summed E-state index contributed by atoms with van der Waals surface area (Å²) in [5.74, 6) is 1.91. The van der Waals surface area contributed by atoms with Crippen molar-refractivity contribution in [2.75, 3.05) is 38.2 Å². The molecule has 0 aliphatic carbocycles. The molecule has 2 heterocycles. The molecule has 162 valence electrons. The molecule has 0 saturated carbocycles. The highest BCUT2D eigenvalue weighted by atomic mass is 16.5. The number of phenols is 1. The Labute approximate surface area is 187 Å². The Morgan fingerprint density at radius 3 is 2.44 bits per heavy atom. The molecule has 0 spiro atoms. The molecule has 6 nitrogen and oxygen atoms in total. The fourth-order valence-corrected chi connectivity index (χ4v) is 4.38. The van der Waals surface area contributed by atoms with Crippen LogP contribution in [0.4, 0.5) is 5.82 Å². The number of fused-ring (bicyclic) bond motifs is 1. The van der Waals surface area contributed by atoms with E-state index >= 15 is 0 Å². The third-order valence-electron chi connectivity index (χ3n) is 6.11. The van der Waals surface area contributed by atoms with Gasteiger partial charge in [-0.05, 0) is 24.3 Å². The van der Waals surface area contributed by atoms with Crippen molar-refractivity contribution in [2.24, 2.45) is 0 Å². The summed E-state index contributed by atoms with van der Waals surface area (Å²) < 4.78 is 5.28. The third-order valence-corrected chi connectivity index (χ3v) is 6.11.